The van der Waals surface area contributed by atoms with Crippen molar-refractivity contribution in [2.75, 3.05) is 37.7 Å². The maximum Gasteiger partial charge on any atom is 0.269 e. The minimum Gasteiger partial charge on any atom is -0.477 e. The maximum atomic E-state index is 13.5. The molecule has 148 valence electrons. The molecule has 0 aliphatic carbocycles. The fourth-order valence-corrected chi connectivity index (χ4v) is 3.90. The number of aromatic nitrogens is 1. The van der Waals surface area contributed by atoms with Crippen molar-refractivity contribution < 1.29 is 14.3 Å². The molecule has 1 saturated heterocycles. The molecular weight excluding hydrogens is 354 g/mol. The minimum absolute atomic E-state index is 0.00448. The van der Waals surface area contributed by atoms with Crippen LogP contribution in [0.3, 0.4) is 0 Å². The fourth-order valence-electron chi connectivity index (χ4n) is 3.90. The zero-order valence-electron chi connectivity index (χ0n) is 16.3. The number of morpholine rings is 1. The third-order valence-electron chi connectivity index (χ3n) is 5.34. The number of hydrogen-bond acceptors (Lipinski definition) is 5. The average Bonchev–Trinajstić information content (AvgIpc) is 2.75. The average molecular weight is 381 g/mol. The number of carbonyl (C=O) groups excluding carboxylic acids is 1. The number of fused-ring (bicyclic) bond motifs is 1. The third kappa shape index (κ3) is 3.88. The smallest absolute Gasteiger partial charge is 0.269 e. The maximum absolute atomic E-state index is 13.5. The summed E-state index contributed by atoms with van der Waals surface area (Å²) >= 11 is 0. The van der Waals surface area contributed by atoms with Gasteiger partial charge < -0.3 is 9.47 Å². The van der Waals surface area contributed by atoms with Gasteiger partial charge in [-0.3, -0.25) is 14.6 Å². The van der Waals surface area contributed by atoms with Crippen LogP contribution in [0.25, 0.3) is 0 Å². The van der Waals surface area contributed by atoms with Gasteiger partial charge in [0, 0.05) is 25.8 Å². The Labute approximate surface area is 166 Å². The molecule has 2 aromatic rings. The molecule has 0 radical (unpaired) electrons. The summed E-state index contributed by atoms with van der Waals surface area (Å²) in [5.41, 5.74) is 1.11. The van der Waals surface area contributed by atoms with E-state index < -0.39 is 6.10 Å². The van der Waals surface area contributed by atoms with Crippen molar-refractivity contribution in [3.8, 4) is 5.75 Å². The van der Waals surface area contributed by atoms with Gasteiger partial charge in [0.15, 0.2) is 17.7 Å². The molecule has 2 atom stereocenters. The van der Waals surface area contributed by atoms with Crippen molar-refractivity contribution >= 4 is 11.7 Å². The molecule has 4 rings (SSSR count). The van der Waals surface area contributed by atoms with Gasteiger partial charge in [0.05, 0.1) is 19.3 Å². The van der Waals surface area contributed by atoms with Gasteiger partial charge in [-0.2, -0.15) is 0 Å². The van der Waals surface area contributed by atoms with Crippen LogP contribution in [-0.4, -0.2) is 54.7 Å². The Kier molecular flexibility index (Phi) is 5.88. The van der Waals surface area contributed by atoms with Crippen LogP contribution in [0.1, 0.15) is 31.4 Å². The van der Waals surface area contributed by atoms with Gasteiger partial charge in [0.2, 0.25) is 0 Å². The highest BCUT2D eigenvalue weighted by atomic mass is 16.5. The molecule has 0 saturated carbocycles. The first-order chi connectivity index (χ1) is 13.8. The van der Waals surface area contributed by atoms with Gasteiger partial charge in [0.1, 0.15) is 0 Å². The summed E-state index contributed by atoms with van der Waals surface area (Å²) in [6, 6.07) is 13.9. The lowest BCUT2D eigenvalue weighted by atomic mass is 10.0. The Morgan fingerprint density at radius 2 is 1.93 bits per heavy atom. The molecule has 0 N–H and O–H groups in total. The van der Waals surface area contributed by atoms with E-state index in [1.165, 1.54) is 0 Å². The summed E-state index contributed by atoms with van der Waals surface area (Å²) in [5.74, 6) is 1.29. The largest absolute Gasteiger partial charge is 0.477 e. The summed E-state index contributed by atoms with van der Waals surface area (Å²) < 4.78 is 11.5. The zero-order chi connectivity index (χ0) is 19.3. The lowest BCUT2D eigenvalue weighted by Gasteiger charge is -2.40. The molecule has 1 aromatic carbocycles. The number of anilines is 1. The second-order valence-electron chi connectivity index (χ2n) is 7.27. The van der Waals surface area contributed by atoms with Crippen molar-refractivity contribution in [1.82, 2.24) is 9.88 Å². The van der Waals surface area contributed by atoms with Crippen LogP contribution in [0, 0.1) is 0 Å². The molecule has 2 aliphatic rings. The van der Waals surface area contributed by atoms with E-state index in [0.717, 1.165) is 44.8 Å². The van der Waals surface area contributed by atoms with Crippen LogP contribution in [0.5, 0.6) is 5.75 Å². The first-order valence-corrected chi connectivity index (χ1v) is 10.1. The minimum atomic E-state index is -0.461. The molecule has 1 fully saturated rings. The number of nitrogens with zero attached hydrogens (tertiary/aromatic N) is 3. The molecule has 6 nitrogen and oxygen atoms in total. The summed E-state index contributed by atoms with van der Waals surface area (Å²) in [6.45, 7) is 6.01. The van der Waals surface area contributed by atoms with Crippen LogP contribution < -0.4 is 9.64 Å². The van der Waals surface area contributed by atoms with Crippen molar-refractivity contribution in [2.45, 2.75) is 31.9 Å². The summed E-state index contributed by atoms with van der Waals surface area (Å²) in [6.07, 6.45) is 2.85. The van der Waals surface area contributed by atoms with Gasteiger partial charge in [-0.15, -0.1) is 0 Å². The van der Waals surface area contributed by atoms with E-state index in [9.17, 15) is 4.79 Å². The van der Waals surface area contributed by atoms with Gasteiger partial charge in [0.25, 0.3) is 5.91 Å². The topological polar surface area (TPSA) is 54.9 Å². The van der Waals surface area contributed by atoms with E-state index in [1.54, 1.807) is 6.20 Å². The highest BCUT2D eigenvalue weighted by Gasteiger charge is 2.40. The van der Waals surface area contributed by atoms with Crippen LogP contribution in [0.15, 0.2) is 48.7 Å². The first-order valence-electron chi connectivity index (χ1n) is 10.1. The lowest BCUT2D eigenvalue weighted by Crippen LogP contribution is -2.51. The number of amides is 1. The third-order valence-corrected chi connectivity index (χ3v) is 5.34. The summed E-state index contributed by atoms with van der Waals surface area (Å²) in [4.78, 5) is 22.2. The van der Waals surface area contributed by atoms with Crippen LogP contribution in [0.4, 0.5) is 5.82 Å². The first kappa shape index (κ1) is 18.9. The second-order valence-corrected chi connectivity index (χ2v) is 7.27. The molecule has 2 aliphatic heterocycles. The Bertz CT molecular complexity index is 793. The zero-order valence-corrected chi connectivity index (χ0v) is 16.3. The Balaban J connectivity index is 1.73. The SMILES string of the molecule is CCCC1Oc2cccnc2N(C(CN2CCOCC2)c2ccccc2)C1=O. The van der Waals surface area contributed by atoms with E-state index in [0.29, 0.717) is 18.0 Å². The van der Waals surface area contributed by atoms with Gasteiger partial charge in [-0.05, 0) is 24.1 Å². The predicted octanol–water partition coefficient (Wildman–Crippen LogP) is 3.05. The number of carbonyl (C=O) groups is 1. The van der Waals surface area contributed by atoms with Crippen molar-refractivity contribution in [3.63, 3.8) is 0 Å². The molecule has 0 bridgehead atoms. The van der Waals surface area contributed by atoms with E-state index in [2.05, 4.69) is 28.9 Å². The summed E-state index contributed by atoms with van der Waals surface area (Å²) in [7, 11) is 0. The molecule has 2 unspecified atom stereocenters. The van der Waals surface area contributed by atoms with Crippen LogP contribution >= 0.6 is 0 Å². The Hall–Kier alpha value is -2.44. The molecule has 6 heteroatoms. The van der Waals surface area contributed by atoms with Crippen molar-refractivity contribution in [2.24, 2.45) is 0 Å². The summed E-state index contributed by atoms with van der Waals surface area (Å²) in [5, 5.41) is 0. The van der Waals surface area contributed by atoms with Crippen molar-refractivity contribution in [1.29, 1.82) is 0 Å². The highest BCUT2D eigenvalue weighted by Crippen LogP contribution is 2.38. The number of hydrogen-bond donors (Lipinski definition) is 0. The number of rotatable bonds is 6. The lowest BCUT2D eigenvalue weighted by molar-refractivity contribution is -0.127. The van der Waals surface area contributed by atoms with Gasteiger partial charge in [-0.1, -0.05) is 43.7 Å². The molecule has 28 heavy (non-hydrogen) atoms. The normalized spacial score (nSPS) is 21.1. The quantitative estimate of drug-likeness (QED) is 0.770. The molecule has 1 amide bonds. The number of benzene rings is 1. The highest BCUT2D eigenvalue weighted by molar-refractivity contribution is 5.99. The van der Waals surface area contributed by atoms with Gasteiger partial charge >= 0.3 is 0 Å². The van der Waals surface area contributed by atoms with Gasteiger partial charge in [-0.25, -0.2) is 4.98 Å². The van der Waals surface area contributed by atoms with E-state index in [4.69, 9.17) is 9.47 Å². The number of pyridine rings is 1. The van der Waals surface area contributed by atoms with E-state index in [1.807, 2.05) is 35.2 Å². The van der Waals surface area contributed by atoms with Crippen LogP contribution in [0.2, 0.25) is 0 Å². The monoisotopic (exact) mass is 381 g/mol. The molecular formula is C22H27N3O3. The Morgan fingerprint density at radius 3 is 2.68 bits per heavy atom. The fraction of sp³-hybridized carbons (Fsp3) is 0.455. The Morgan fingerprint density at radius 1 is 1.14 bits per heavy atom. The van der Waals surface area contributed by atoms with E-state index in [-0.39, 0.29) is 11.9 Å². The molecule has 3 heterocycles. The molecule has 1 aromatic heterocycles. The second kappa shape index (κ2) is 8.71. The predicted molar refractivity (Wildman–Crippen MR) is 107 cm³/mol. The number of ether oxygens (including phenoxy) is 2. The standard InChI is InChI=1S/C22H27N3O3/c1-2-7-20-22(26)25(21-19(28-20)10-6-11-23-21)18(17-8-4-3-5-9-17)16-24-12-14-27-15-13-24/h3-6,8-11,18,20H,2,7,12-16H2,1H3. The van der Waals surface area contributed by atoms with E-state index >= 15 is 0 Å². The molecule has 0 spiro atoms. The van der Waals surface area contributed by atoms with Crippen molar-refractivity contribution in [3.05, 3.63) is 54.2 Å². The van der Waals surface area contributed by atoms with Crippen LogP contribution in [-0.2, 0) is 9.53 Å².